The van der Waals surface area contributed by atoms with Crippen LogP contribution >= 0.6 is 27.5 Å². The third-order valence-electron chi connectivity index (χ3n) is 3.41. The lowest BCUT2D eigenvalue weighted by Crippen LogP contribution is -2.24. The molecule has 0 saturated heterocycles. The molecule has 2 aromatic carbocycles. The largest absolute Gasteiger partial charge is 0.488 e. The Morgan fingerprint density at radius 3 is 2.60 bits per heavy atom. The Morgan fingerprint density at radius 2 is 2.00 bits per heavy atom. The fourth-order valence-electron chi connectivity index (χ4n) is 2.23. The lowest BCUT2D eigenvalue weighted by Gasteiger charge is -2.09. The van der Waals surface area contributed by atoms with Crippen molar-refractivity contribution in [2.75, 3.05) is 13.7 Å². The van der Waals surface area contributed by atoms with Gasteiger partial charge in [0.25, 0.3) is 5.91 Å². The summed E-state index contributed by atoms with van der Waals surface area (Å²) in [6, 6.07) is 7.42. The molecule has 158 valence electrons. The maximum absolute atomic E-state index is 11.9. The van der Waals surface area contributed by atoms with E-state index in [1.807, 2.05) is 0 Å². The summed E-state index contributed by atoms with van der Waals surface area (Å²) in [5.74, 6) is -1.22. The summed E-state index contributed by atoms with van der Waals surface area (Å²) in [5, 5.41) is 15.6. The van der Waals surface area contributed by atoms with Crippen molar-refractivity contribution in [1.82, 2.24) is 5.43 Å². The highest BCUT2D eigenvalue weighted by atomic mass is 79.9. The highest BCUT2D eigenvalue weighted by Gasteiger charge is 2.25. The fraction of sp³-hybridized carbons (Fsp3) is 0.167. The molecule has 0 heterocycles. The number of carbonyl (C=O) groups is 2. The molecule has 0 bridgehead atoms. The van der Waals surface area contributed by atoms with Gasteiger partial charge in [-0.3, -0.25) is 19.7 Å². The number of hydrogen-bond acceptors (Lipinski definition) is 8. The molecule has 0 spiro atoms. The molecule has 0 aliphatic heterocycles. The average Bonchev–Trinajstić information content (AvgIpc) is 2.67. The van der Waals surface area contributed by atoms with Gasteiger partial charge in [-0.15, -0.1) is 0 Å². The van der Waals surface area contributed by atoms with Gasteiger partial charge < -0.3 is 14.2 Å². The van der Waals surface area contributed by atoms with Crippen molar-refractivity contribution in [2.24, 2.45) is 5.10 Å². The van der Waals surface area contributed by atoms with Crippen molar-refractivity contribution in [1.29, 1.82) is 0 Å². The third kappa shape index (κ3) is 6.16. The summed E-state index contributed by atoms with van der Waals surface area (Å²) in [4.78, 5) is 33.8. The number of hydrazone groups is 1. The molecule has 0 aliphatic carbocycles. The van der Waals surface area contributed by atoms with Crippen LogP contribution in [0.5, 0.6) is 17.2 Å². The number of rotatable bonds is 8. The lowest BCUT2D eigenvalue weighted by molar-refractivity contribution is -0.385. The van der Waals surface area contributed by atoms with E-state index in [-0.39, 0.29) is 23.7 Å². The van der Waals surface area contributed by atoms with Gasteiger partial charge >= 0.3 is 11.7 Å². The standard InChI is InChI=1S/C18H15BrClN3O7/c1-10(24)30-15-5-3-11(17(23(26)27)18(15)28-2)8-21-22-16(25)9-29-14-6-4-12(20)7-13(14)19/h3-8H,9H2,1-2H3,(H,22,25)/b21-8-. The highest BCUT2D eigenvalue weighted by molar-refractivity contribution is 9.10. The summed E-state index contributed by atoms with van der Waals surface area (Å²) in [7, 11) is 1.20. The van der Waals surface area contributed by atoms with Crippen molar-refractivity contribution in [2.45, 2.75) is 6.92 Å². The summed E-state index contributed by atoms with van der Waals surface area (Å²) < 4.78 is 15.8. The first-order valence-corrected chi connectivity index (χ1v) is 9.33. The SMILES string of the molecule is COc1c(OC(C)=O)ccc(/C=N\NC(=O)COc2ccc(Cl)cc2Br)c1[N+](=O)[O-]. The number of nitro groups is 1. The van der Waals surface area contributed by atoms with Crippen LogP contribution < -0.4 is 19.6 Å². The molecular formula is C18H15BrClN3O7. The minimum Gasteiger partial charge on any atom is -0.488 e. The number of nitro benzene ring substituents is 1. The number of methoxy groups -OCH3 is 1. The molecule has 0 unspecified atom stereocenters. The van der Waals surface area contributed by atoms with Gasteiger partial charge in [0.15, 0.2) is 12.4 Å². The van der Waals surface area contributed by atoms with Crippen LogP contribution in [0.25, 0.3) is 0 Å². The number of benzene rings is 2. The van der Waals surface area contributed by atoms with Gasteiger partial charge in [-0.25, -0.2) is 5.43 Å². The molecule has 10 nitrogen and oxygen atoms in total. The Balaban J connectivity index is 2.10. The summed E-state index contributed by atoms with van der Waals surface area (Å²) in [5.41, 5.74) is 1.74. The van der Waals surface area contributed by atoms with E-state index in [0.717, 1.165) is 13.1 Å². The van der Waals surface area contributed by atoms with Gasteiger partial charge in [0, 0.05) is 11.9 Å². The molecule has 30 heavy (non-hydrogen) atoms. The average molecular weight is 501 g/mol. The van der Waals surface area contributed by atoms with Gasteiger partial charge in [0.05, 0.1) is 28.3 Å². The van der Waals surface area contributed by atoms with Crippen LogP contribution in [0.2, 0.25) is 5.02 Å². The fourth-order valence-corrected chi connectivity index (χ4v) is 3.03. The predicted molar refractivity (Wildman–Crippen MR) is 111 cm³/mol. The summed E-state index contributed by atoms with van der Waals surface area (Å²) in [6.45, 7) is 0.801. The van der Waals surface area contributed by atoms with E-state index < -0.39 is 22.5 Å². The Kier molecular flexibility index (Phi) is 8.13. The Hall–Kier alpha value is -3.18. The normalized spacial score (nSPS) is 10.5. The molecule has 2 aromatic rings. The third-order valence-corrected chi connectivity index (χ3v) is 4.27. The van der Waals surface area contributed by atoms with Crippen LogP contribution in [0.1, 0.15) is 12.5 Å². The molecule has 0 aliphatic rings. The smallest absolute Gasteiger partial charge is 0.323 e. The molecule has 1 N–H and O–H groups in total. The predicted octanol–water partition coefficient (Wildman–Crippen LogP) is 3.47. The molecular weight excluding hydrogens is 486 g/mol. The van der Waals surface area contributed by atoms with E-state index in [1.54, 1.807) is 18.2 Å². The molecule has 0 atom stereocenters. The molecule has 0 radical (unpaired) electrons. The van der Waals surface area contributed by atoms with E-state index >= 15 is 0 Å². The van der Waals surface area contributed by atoms with Crippen molar-refractivity contribution in [3.05, 3.63) is 55.5 Å². The van der Waals surface area contributed by atoms with Crippen LogP contribution in [0.15, 0.2) is 39.9 Å². The van der Waals surface area contributed by atoms with Gasteiger partial charge in [-0.2, -0.15) is 5.10 Å². The van der Waals surface area contributed by atoms with Crippen LogP contribution in [-0.4, -0.2) is 36.7 Å². The zero-order valence-electron chi connectivity index (χ0n) is 15.7. The van der Waals surface area contributed by atoms with Gasteiger partial charge in [0.2, 0.25) is 5.75 Å². The number of nitrogens with one attached hydrogen (secondary N) is 1. The van der Waals surface area contributed by atoms with Crippen LogP contribution in [0.3, 0.4) is 0 Å². The lowest BCUT2D eigenvalue weighted by atomic mass is 10.1. The monoisotopic (exact) mass is 499 g/mol. The maximum atomic E-state index is 11.9. The van der Waals surface area contributed by atoms with Crippen LogP contribution in [0, 0.1) is 10.1 Å². The highest BCUT2D eigenvalue weighted by Crippen LogP contribution is 2.39. The summed E-state index contributed by atoms with van der Waals surface area (Å²) in [6.07, 6.45) is 1.06. The number of hydrogen-bond donors (Lipinski definition) is 1. The van der Waals surface area contributed by atoms with Gasteiger partial charge in [-0.05, 0) is 46.3 Å². The molecule has 0 saturated carbocycles. The Morgan fingerprint density at radius 1 is 1.30 bits per heavy atom. The zero-order valence-corrected chi connectivity index (χ0v) is 18.0. The quantitative estimate of drug-likeness (QED) is 0.193. The van der Waals surface area contributed by atoms with E-state index in [9.17, 15) is 19.7 Å². The second-order valence-corrected chi connectivity index (χ2v) is 6.83. The first-order chi connectivity index (χ1) is 14.2. The second-order valence-electron chi connectivity index (χ2n) is 5.54. The molecule has 2 rings (SSSR count). The first-order valence-electron chi connectivity index (χ1n) is 8.16. The first kappa shape index (κ1) is 23.1. The van der Waals surface area contributed by atoms with E-state index in [4.69, 9.17) is 25.8 Å². The Bertz CT molecular complexity index is 1010. The molecule has 1 amide bonds. The van der Waals surface area contributed by atoms with Crippen molar-refractivity contribution >= 4 is 51.3 Å². The zero-order chi connectivity index (χ0) is 22.3. The van der Waals surface area contributed by atoms with Crippen molar-refractivity contribution < 1.29 is 28.7 Å². The number of esters is 1. The maximum Gasteiger partial charge on any atom is 0.323 e. The topological polar surface area (TPSA) is 129 Å². The van der Waals surface area contributed by atoms with Crippen molar-refractivity contribution in [3.63, 3.8) is 0 Å². The number of halogens is 2. The van der Waals surface area contributed by atoms with Crippen LogP contribution in [0.4, 0.5) is 5.69 Å². The minimum atomic E-state index is -0.712. The minimum absolute atomic E-state index is 0.0226. The summed E-state index contributed by atoms with van der Waals surface area (Å²) >= 11 is 9.09. The van der Waals surface area contributed by atoms with Gasteiger partial charge in [0.1, 0.15) is 5.75 Å². The number of nitrogens with zero attached hydrogens (tertiary/aromatic N) is 2. The number of ether oxygens (including phenoxy) is 3. The van der Waals surface area contributed by atoms with Crippen molar-refractivity contribution in [3.8, 4) is 17.2 Å². The molecule has 0 aromatic heterocycles. The second kappa shape index (κ2) is 10.6. The molecule has 0 fully saturated rings. The van der Waals surface area contributed by atoms with E-state index in [0.29, 0.717) is 15.2 Å². The van der Waals surface area contributed by atoms with Crippen LogP contribution in [-0.2, 0) is 9.59 Å². The van der Waals surface area contributed by atoms with E-state index in [2.05, 4.69) is 26.5 Å². The Labute approximate surface area is 184 Å². The van der Waals surface area contributed by atoms with Gasteiger partial charge in [-0.1, -0.05) is 11.6 Å². The number of carbonyl (C=O) groups excluding carboxylic acids is 2. The number of amides is 1. The molecule has 12 heteroatoms. The van der Waals surface area contributed by atoms with E-state index in [1.165, 1.54) is 19.2 Å².